The van der Waals surface area contributed by atoms with E-state index in [1.807, 2.05) is 6.92 Å². The number of hydrogen-bond donors (Lipinski definition) is 2. The van der Waals surface area contributed by atoms with E-state index in [4.69, 9.17) is 10.5 Å². The maximum Gasteiger partial charge on any atom is 0.269 e. The maximum atomic E-state index is 11.5. The summed E-state index contributed by atoms with van der Waals surface area (Å²) < 4.78 is 30.2. The zero-order valence-corrected chi connectivity index (χ0v) is 9.77. The molecule has 1 heterocycles. The van der Waals surface area contributed by atoms with Crippen molar-refractivity contribution in [2.75, 3.05) is 25.5 Å². The lowest BCUT2D eigenvalue weighted by Gasteiger charge is -2.02. The van der Waals surface area contributed by atoms with Crippen molar-refractivity contribution in [3.63, 3.8) is 0 Å². The lowest BCUT2D eigenvalue weighted by atomic mass is 10.7. The van der Waals surface area contributed by atoms with Crippen LogP contribution in [-0.4, -0.2) is 38.4 Å². The zero-order valence-electron chi connectivity index (χ0n) is 8.13. The third-order valence-electron chi connectivity index (χ3n) is 1.39. The molecule has 0 aliphatic carbocycles. The fraction of sp³-hybridized carbons (Fsp3) is 0.667. The fourth-order valence-electron chi connectivity index (χ4n) is 0.783. The average molecular weight is 252 g/mol. The molecule has 15 heavy (non-hydrogen) atoms. The molecule has 0 amide bonds. The van der Waals surface area contributed by atoms with E-state index in [9.17, 15) is 8.42 Å². The highest BCUT2D eigenvalue weighted by atomic mass is 32.2. The molecule has 0 aliphatic rings. The first-order chi connectivity index (χ1) is 7.06. The SMILES string of the molecule is CCOCCNS(=O)(=O)c1nnc(N)s1. The van der Waals surface area contributed by atoms with Gasteiger partial charge in [-0.25, -0.2) is 13.1 Å². The molecule has 0 aromatic carbocycles. The highest BCUT2D eigenvalue weighted by molar-refractivity contribution is 7.91. The molecule has 0 aliphatic heterocycles. The summed E-state index contributed by atoms with van der Waals surface area (Å²) in [6.07, 6.45) is 0. The van der Waals surface area contributed by atoms with Gasteiger partial charge in [-0.05, 0) is 6.92 Å². The summed E-state index contributed by atoms with van der Waals surface area (Å²) in [7, 11) is -3.59. The monoisotopic (exact) mass is 252 g/mol. The minimum absolute atomic E-state index is 0.125. The van der Waals surface area contributed by atoms with Gasteiger partial charge in [0.25, 0.3) is 10.0 Å². The molecule has 3 N–H and O–H groups in total. The predicted octanol–water partition coefficient (Wildman–Crippen LogP) is -0.565. The number of anilines is 1. The summed E-state index contributed by atoms with van der Waals surface area (Å²) >= 11 is 0.823. The molecule has 0 bridgehead atoms. The van der Waals surface area contributed by atoms with Crippen LogP contribution in [-0.2, 0) is 14.8 Å². The van der Waals surface area contributed by atoms with Gasteiger partial charge >= 0.3 is 0 Å². The van der Waals surface area contributed by atoms with Crippen molar-refractivity contribution in [3.8, 4) is 0 Å². The Kier molecular flexibility index (Phi) is 4.39. The summed E-state index contributed by atoms with van der Waals surface area (Å²) in [4.78, 5) is 0. The van der Waals surface area contributed by atoms with E-state index >= 15 is 0 Å². The smallest absolute Gasteiger partial charge is 0.269 e. The molecule has 9 heteroatoms. The van der Waals surface area contributed by atoms with Gasteiger partial charge < -0.3 is 10.5 Å². The van der Waals surface area contributed by atoms with E-state index in [1.54, 1.807) is 0 Å². The highest BCUT2D eigenvalue weighted by Crippen LogP contribution is 2.15. The average Bonchev–Trinajstić information content (AvgIpc) is 2.60. The highest BCUT2D eigenvalue weighted by Gasteiger charge is 2.18. The van der Waals surface area contributed by atoms with Crippen molar-refractivity contribution in [2.24, 2.45) is 0 Å². The number of hydrogen-bond acceptors (Lipinski definition) is 7. The maximum absolute atomic E-state index is 11.5. The van der Waals surface area contributed by atoms with E-state index in [2.05, 4.69) is 14.9 Å². The van der Waals surface area contributed by atoms with Crippen molar-refractivity contribution in [2.45, 2.75) is 11.3 Å². The summed E-state index contributed by atoms with van der Waals surface area (Å²) in [5, 5.41) is 6.99. The molecule has 0 saturated heterocycles. The summed E-state index contributed by atoms with van der Waals surface area (Å²) in [6, 6.07) is 0. The Bertz CT molecular complexity index is 402. The van der Waals surface area contributed by atoms with Crippen LogP contribution < -0.4 is 10.5 Å². The number of nitrogens with one attached hydrogen (secondary N) is 1. The Balaban J connectivity index is 2.53. The van der Waals surface area contributed by atoms with Crippen molar-refractivity contribution in [1.82, 2.24) is 14.9 Å². The molecule has 0 spiro atoms. The van der Waals surface area contributed by atoms with Gasteiger partial charge in [-0.15, -0.1) is 10.2 Å². The molecule has 1 aromatic rings. The Labute approximate surface area is 91.7 Å². The third kappa shape index (κ3) is 3.70. The Morgan fingerprint density at radius 1 is 1.53 bits per heavy atom. The molecule has 0 unspecified atom stereocenters. The van der Waals surface area contributed by atoms with Gasteiger partial charge in [0, 0.05) is 13.2 Å². The Morgan fingerprint density at radius 3 is 2.80 bits per heavy atom. The summed E-state index contributed by atoms with van der Waals surface area (Å²) in [5.41, 5.74) is 5.28. The molecule has 0 atom stereocenters. The van der Waals surface area contributed by atoms with Crippen LogP contribution in [0.3, 0.4) is 0 Å². The fourth-order valence-corrected chi connectivity index (χ4v) is 2.62. The van der Waals surface area contributed by atoms with Gasteiger partial charge in [-0.3, -0.25) is 0 Å². The normalized spacial score (nSPS) is 11.8. The number of sulfonamides is 1. The topological polar surface area (TPSA) is 107 Å². The first-order valence-electron chi connectivity index (χ1n) is 4.22. The lowest BCUT2D eigenvalue weighted by Crippen LogP contribution is -2.27. The van der Waals surface area contributed by atoms with Crippen molar-refractivity contribution in [1.29, 1.82) is 0 Å². The number of aromatic nitrogens is 2. The molecule has 0 saturated carbocycles. The molecular formula is C6H12N4O3S2. The largest absolute Gasteiger partial charge is 0.380 e. The van der Waals surface area contributed by atoms with Gasteiger partial charge in [0.2, 0.25) is 9.47 Å². The Hall–Kier alpha value is -0.770. The van der Waals surface area contributed by atoms with Crippen LogP contribution in [0, 0.1) is 0 Å². The van der Waals surface area contributed by atoms with Gasteiger partial charge in [0.1, 0.15) is 0 Å². The third-order valence-corrected chi connectivity index (χ3v) is 3.98. The second-order valence-electron chi connectivity index (χ2n) is 2.50. The molecular weight excluding hydrogens is 240 g/mol. The molecule has 7 nitrogen and oxygen atoms in total. The van der Waals surface area contributed by atoms with E-state index in [1.165, 1.54) is 0 Å². The van der Waals surface area contributed by atoms with Crippen molar-refractivity contribution < 1.29 is 13.2 Å². The lowest BCUT2D eigenvalue weighted by molar-refractivity contribution is 0.153. The number of ether oxygens (including phenoxy) is 1. The molecule has 1 rings (SSSR count). The van der Waals surface area contributed by atoms with Crippen LogP contribution in [0.25, 0.3) is 0 Å². The van der Waals surface area contributed by atoms with Gasteiger partial charge in [0.05, 0.1) is 6.61 Å². The standard InChI is InChI=1S/C6H12N4O3S2/c1-2-13-4-3-8-15(11,12)6-10-9-5(7)14-6/h8H,2-4H2,1H3,(H2,7,9). The second-order valence-corrected chi connectivity index (χ2v) is 5.45. The minimum Gasteiger partial charge on any atom is -0.380 e. The van der Waals surface area contributed by atoms with E-state index in [0.29, 0.717) is 13.2 Å². The predicted molar refractivity (Wildman–Crippen MR) is 56.0 cm³/mol. The van der Waals surface area contributed by atoms with Crippen LogP contribution in [0.2, 0.25) is 0 Å². The van der Waals surface area contributed by atoms with Crippen LogP contribution in [0.1, 0.15) is 6.92 Å². The first-order valence-corrected chi connectivity index (χ1v) is 6.52. The second kappa shape index (κ2) is 5.35. The Morgan fingerprint density at radius 2 is 2.27 bits per heavy atom. The summed E-state index contributed by atoms with van der Waals surface area (Å²) in [6.45, 7) is 2.91. The minimum atomic E-state index is -3.59. The first kappa shape index (κ1) is 12.3. The van der Waals surface area contributed by atoms with Crippen molar-refractivity contribution in [3.05, 3.63) is 0 Å². The zero-order chi connectivity index (χ0) is 11.3. The molecule has 86 valence electrons. The molecule has 1 aromatic heterocycles. The van der Waals surface area contributed by atoms with Crippen molar-refractivity contribution >= 4 is 26.5 Å². The number of rotatable bonds is 6. The van der Waals surface area contributed by atoms with Crippen LogP contribution in [0.5, 0.6) is 0 Å². The summed E-state index contributed by atoms with van der Waals surface area (Å²) in [5.74, 6) is 0. The van der Waals surface area contributed by atoms with E-state index in [-0.39, 0.29) is 16.0 Å². The van der Waals surface area contributed by atoms with E-state index in [0.717, 1.165) is 11.3 Å². The molecule has 0 fully saturated rings. The number of nitrogens with zero attached hydrogens (tertiary/aromatic N) is 2. The van der Waals surface area contributed by atoms with Gasteiger partial charge in [-0.2, -0.15) is 0 Å². The van der Waals surface area contributed by atoms with Gasteiger partial charge in [-0.1, -0.05) is 11.3 Å². The van der Waals surface area contributed by atoms with Crippen LogP contribution >= 0.6 is 11.3 Å². The quantitative estimate of drug-likeness (QED) is 0.657. The van der Waals surface area contributed by atoms with Crippen LogP contribution in [0.4, 0.5) is 5.13 Å². The van der Waals surface area contributed by atoms with Gasteiger partial charge in [0.15, 0.2) is 0 Å². The molecule has 0 radical (unpaired) electrons. The van der Waals surface area contributed by atoms with E-state index < -0.39 is 10.0 Å². The number of nitrogens with two attached hydrogens (primary N) is 1. The van der Waals surface area contributed by atoms with Crippen LogP contribution in [0.15, 0.2) is 4.34 Å². The number of nitrogen functional groups attached to an aromatic ring is 1.